The Bertz CT molecular complexity index is 1290. The van der Waals surface area contributed by atoms with Gasteiger partial charge in [0.05, 0.1) is 17.5 Å². The minimum absolute atomic E-state index is 0.0158. The summed E-state index contributed by atoms with van der Waals surface area (Å²) in [6, 6.07) is 21.1. The molecule has 4 aromatic rings. The van der Waals surface area contributed by atoms with Crippen LogP contribution in [0.5, 0.6) is 0 Å². The summed E-state index contributed by atoms with van der Waals surface area (Å²) in [7, 11) is 0. The zero-order valence-corrected chi connectivity index (χ0v) is 19.0. The van der Waals surface area contributed by atoms with Gasteiger partial charge in [0.15, 0.2) is 5.76 Å². The van der Waals surface area contributed by atoms with Gasteiger partial charge in [0, 0.05) is 30.9 Å². The van der Waals surface area contributed by atoms with Gasteiger partial charge in [-0.2, -0.15) is 5.10 Å². The molecule has 0 bridgehead atoms. The van der Waals surface area contributed by atoms with Crippen LogP contribution in [0.1, 0.15) is 39.3 Å². The SMILES string of the molecule is Cc1ccccc1-c1nn(-c2ccccc2)cc1C(=O)NC1CCN(C(=O)c2ccco2)CC1. The second-order valence-electron chi connectivity index (χ2n) is 8.50. The van der Waals surface area contributed by atoms with Crippen LogP contribution in [0, 0.1) is 6.92 Å². The largest absolute Gasteiger partial charge is 0.459 e. The lowest BCUT2D eigenvalue weighted by Crippen LogP contribution is -2.46. The summed E-state index contributed by atoms with van der Waals surface area (Å²) < 4.78 is 6.98. The van der Waals surface area contributed by atoms with Crippen LogP contribution in [-0.4, -0.2) is 45.6 Å². The molecule has 3 heterocycles. The van der Waals surface area contributed by atoms with Crippen LogP contribution in [0.25, 0.3) is 16.9 Å². The monoisotopic (exact) mass is 454 g/mol. The Morgan fingerprint density at radius 1 is 0.971 bits per heavy atom. The van der Waals surface area contributed by atoms with Gasteiger partial charge < -0.3 is 14.6 Å². The van der Waals surface area contributed by atoms with Gasteiger partial charge >= 0.3 is 0 Å². The standard InChI is InChI=1S/C27H26N4O3/c1-19-8-5-6-11-22(19)25-23(18-31(29-25)21-9-3-2-4-10-21)26(32)28-20-13-15-30(16-14-20)27(33)24-12-7-17-34-24/h2-12,17-18,20H,13-16H2,1H3,(H,28,32). The van der Waals surface area contributed by atoms with Crippen LogP contribution in [0.4, 0.5) is 0 Å². The number of furan rings is 1. The van der Waals surface area contributed by atoms with Crippen LogP contribution >= 0.6 is 0 Å². The van der Waals surface area contributed by atoms with Gasteiger partial charge in [-0.3, -0.25) is 9.59 Å². The maximum Gasteiger partial charge on any atom is 0.289 e. The number of nitrogens with one attached hydrogen (secondary N) is 1. The van der Waals surface area contributed by atoms with Gasteiger partial charge in [-0.25, -0.2) is 4.68 Å². The molecule has 0 radical (unpaired) electrons. The Kier molecular flexibility index (Phi) is 5.99. The minimum Gasteiger partial charge on any atom is -0.459 e. The number of aromatic nitrogens is 2. The fraction of sp³-hybridized carbons (Fsp3) is 0.222. The van der Waals surface area contributed by atoms with E-state index in [4.69, 9.17) is 9.52 Å². The highest BCUT2D eigenvalue weighted by Crippen LogP contribution is 2.27. The van der Waals surface area contributed by atoms with E-state index in [-0.39, 0.29) is 17.9 Å². The molecule has 1 N–H and O–H groups in total. The van der Waals surface area contributed by atoms with Gasteiger partial charge in [0.2, 0.25) is 0 Å². The fourth-order valence-electron chi connectivity index (χ4n) is 4.34. The summed E-state index contributed by atoms with van der Waals surface area (Å²) in [5, 5.41) is 7.95. The van der Waals surface area contributed by atoms with Crippen molar-refractivity contribution in [1.82, 2.24) is 20.0 Å². The Morgan fingerprint density at radius 2 is 1.71 bits per heavy atom. The molecule has 0 aliphatic carbocycles. The van der Waals surface area contributed by atoms with Crippen LogP contribution < -0.4 is 5.32 Å². The van der Waals surface area contributed by atoms with Gasteiger partial charge in [0.25, 0.3) is 11.8 Å². The average molecular weight is 455 g/mol. The molecule has 34 heavy (non-hydrogen) atoms. The van der Waals surface area contributed by atoms with E-state index in [0.29, 0.717) is 42.9 Å². The van der Waals surface area contributed by atoms with Crippen molar-refractivity contribution in [3.63, 3.8) is 0 Å². The predicted molar refractivity (Wildman–Crippen MR) is 129 cm³/mol. The van der Waals surface area contributed by atoms with E-state index in [1.54, 1.807) is 27.9 Å². The molecular weight excluding hydrogens is 428 g/mol. The molecule has 1 saturated heterocycles. The first-order valence-electron chi connectivity index (χ1n) is 11.4. The summed E-state index contributed by atoms with van der Waals surface area (Å²) in [5.41, 5.74) is 4.07. The van der Waals surface area contributed by atoms with Gasteiger partial charge in [0.1, 0.15) is 5.69 Å². The van der Waals surface area contributed by atoms with Crippen molar-refractivity contribution in [3.8, 4) is 16.9 Å². The number of nitrogens with zero attached hydrogens (tertiary/aromatic N) is 3. The van der Waals surface area contributed by atoms with E-state index in [1.165, 1.54) is 6.26 Å². The summed E-state index contributed by atoms with van der Waals surface area (Å²) >= 11 is 0. The summed E-state index contributed by atoms with van der Waals surface area (Å²) in [6.07, 6.45) is 4.67. The Balaban J connectivity index is 1.35. The summed E-state index contributed by atoms with van der Waals surface area (Å²) in [5.74, 6) is 0.0793. The number of aryl methyl sites for hydroxylation is 1. The molecule has 2 aromatic heterocycles. The number of amides is 2. The molecule has 2 amide bonds. The maximum atomic E-state index is 13.4. The third-order valence-corrected chi connectivity index (χ3v) is 6.23. The Hall–Kier alpha value is -4.13. The number of hydrogen-bond donors (Lipinski definition) is 1. The van der Waals surface area contributed by atoms with E-state index in [2.05, 4.69) is 5.32 Å². The lowest BCUT2D eigenvalue weighted by molar-refractivity contribution is 0.0667. The first-order chi connectivity index (χ1) is 16.6. The van der Waals surface area contributed by atoms with Crippen LogP contribution in [-0.2, 0) is 0 Å². The maximum absolute atomic E-state index is 13.4. The number of rotatable bonds is 5. The quantitative estimate of drug-likeness (QED) is 0.482. The highest BCUT2D eigenvalue weighted by Gasteiger charge is 2.27. The molecule has 1 fully saturated rings. The molecule has 1 aliphatic heterocycles. The topological polar surface area (TPSA) is 80.4 Å². The highest BCUT2D eigenvalue weighted by atomic mass is 16.3. The molecule has 0 unspecified atom stereocenters. The lowest BCUT2D eigenvalue weighted by atomic mass is 10.0. The van der Waals surface area contributed by atoms with Crippen LogP contribution in [0.3, 0.4) is 0 Å². The average Bonchev–Trinajstić information content (AvgIpc) is 3.56. The molecule has 2 aromatic carbocycles. The lowest BCUT2D eigenvalue weighted by Gasteiger charge is -2.31. The fourth-order valence-corrected chi connectivity index (χ4v) is 4.34. The van der Waals surface area contributed by atoms with Crippen molar-refractivity contribution in [2.75, 3.05) is 13.1 Å². The molecule has 7 heteroatoms. The minimum atomic E-state index is -0.156. The van der Waals surface area contributed by atoms with Gasteiger partial charge in [-0.1, -0.05) is 42.5 Å². The van der Waals surface area contributed by atoms with E-state index in [9.17, 15) is 9.59 Å². The van der Waals surface area contributed by atoms with Gasteiger partial charge in [-0.05, 0) is 49.6 Å². The van der Waals surface area contributed by atoms with Crippen molar-refractivity contribution in [2.24, 2.45) is 0 Å². The zero-order valence-electron chi connectivity index (χ0n) is 19.0. The predicted octanol–water partition coefficient (Wildman–Crippen LogP) is 4.48. The molecule has 172 valence electrons. The summed E-state index contributed by atoms with van der Waals surface area (Å²) in [6.45, 7) is 3.15. The third kappa shape index (κ3) is 4.37. The number of carbonyl (C=O) groups is 2. The zero-order chi connectivity index (χ0) is 23.5. The van der Waals surface area contributed by atoms with E-state index < -0.39 is 0 Å². The third-order valence-electron chi connectivity index (χ3n) is 6.23. The van der Waals surface area contributed by atoms with E-state index in [1.807, 2.05) is 61.5 Å². The van der Waals surface area contributed by atoms with Gasteiger partial charge in [-0.15, -0.1) is 0 Å². The highest BCUT2D eigenvalue weighted by molar-refractivity contribution is 6.00. The Morgan fingerprint density at radius 3 is 2.41 bits per heavy atom. The molecular formula is C27H26N4O3. The number of hydrogen-bond acceptors (Lipinski definition) is 4. The smallest absolute Gasteiger partial charge is 0.289 e. The van der Waals surface area contributed by atoms with Crippen LogP contribution in [0.2, 0.25) is 0 Å². The number of para-hydroxylation sites is 1. The van der Waals surface area contributed by atoms with E-state index >= 15 is 0 Å². The molecule has 1 aliphatic rings. The first-order valence-corrected chi connectivity index (χ1v) is 11.4. The first kappa shape index (κ1) is 21.7. The molecule has 0 atom stereocenters. The number of carbonyl (C=O) groups excluding carboxylic acids is 2. The van der Waals surface area contributed by atoms with Crippen molar-refractivity contribution >= 4 is 11.8 Å². The molecule has 0 spiro atoms. The Labute approximate surface area is 198 Å². The molecule has 0 saturated carbocycles. The second kappa shape index (κ2) is 9.39. The van der Waals surface area contributed by atoms with Crippen molar-refractivity contribution in [2.45, 2.75) is 25.8 Å². The van der Waals surface area contributed by atoms with E-state index in [0.717, 1.165) is 16.8 Å². The van der Waals surface area contributed by atoms with Crippen molar-refractivity contribution < 1.29 is 14.0 Å². The normalized spacial score (nSPS) is 14.2. The van der Waals surface area contributed by atoms with Crippen molar-refractivity contribution in [3.05, 3.63) is 96.1 Å². The number of piperidine rings is 1. The number of likely N-dealkylation sites (tertiary alicyclic amines) is 1. The number of benzene rings is 2. The second-order valence-corrected chi connectivity index (χ2v) is 8.50. The molecule has 5 rings (SSSR count). The molecule has 7 nitrogen and oxygen atoms in total. The van der Waals surface area contributed by atoms with Crippen LogP contribution in [0.15, 0.2) is 83.6 Å². The summed E-state index contributed by atoms with van der Waals surface area (Å²) in [4.78, 5) is 27.7. The van der Waals surface area contributed by atoms with Crippen molar-refractivity contribution in [1.29, 1.82) is 0 Å².